The molecule has 1 saturated heterocycles. The molecular formula is C35H60N7O13P. The Morgan fingerprint density at radius 2 is 1.73 bits per heavy atom. The van der Waals surface area contributed by atoms with E-state index in [1.54, 1.807) is 10.9 Å². The molecule has 56 heavy (non-hydrogen) atoms. The van der Waals surface area contributed by atoms with Gasteiger partial charge in [0.15, 0.2) is 11.6 Å². The highest BCUT2D eigenvalue weighted by Crippen LogP contribution is 2.39. The van der Waals surface area contributed by atoms with Gasteiger partial charge < -0.3 is 55.9 Å². The fraction of sp³-hybridized carbons (Fsp3) is 0.743. The predicted molar refractivity (Wildman–Crippen MR) is 200 cm³/mol. The summed E-state index contributed by atoms with van der Waals surface area (Å²) in [4.78, 5) is 104. The Morgan fingerprint density at radius 1 is 1.04 bits per heavy atom. The van der Waals surface area contributed by atoms with Crippen molar-refractivity contribution in [3.05, 3.63) is 18.2 Å². The standard InChI is InChI=1S/C35H60N7O13P/c1-22(2)15-27(39-35(49)29-7-5-11-42(29)32(46)8-12-54-14-13-53-4)30(44)17-24(16-25-19-38-21-41(25)10-6-9-36)34(48)40-28(20-43)31(45)18-26(33(37)47)23(3)55-56(50,51)52/h19,21-24,26-29,43H,5-18,20,36H2,1-4H3,(H2,37,47)(H,39,49)(H,40,48)(H2,50,51,52)/t23-,24-,26+,27+,28+,29+/m1/s1. The molecule has 2 heterocycles. The third-order valence-electron chi connectivity index (χ3n) is 9.40. The van der Waals surface area contributed by atoms with Crippen molar-refractivity contribution >= 4 is 43.0 Å². The van der Waals surface area contributed by atoms with Gasteiger partial charge in [0.25, 0.3) is 0 Å². The quantitative estimate of drug-likeness (QED) is 0.0393. The van der Waals surface area contributed by atoms with Crippen LogP contribution in [-0.4, -0.2) is 135 Å². The number of carbonyl (C=O) groups is 6. The van der Waals surface area contributed by atoms with Crippen molar-refractivity contribution in [2.45, 2.75) is 103 Å². The highest BCUT2D eigenvalue weighted by molar-refractivity contribution is 7.46. The highest BCUT2D eigenvalue weighted by Gasteiger charge is 2.38. The lowest BCUT2D eigenvalue weighted by molar-refractivity contribution is -0.140. The first-order valence-corrected chi connectivity index (χ1v) is 20.3. The van der Waals surface area contributed by atoms with Crippen LogP contribution < -0.4 is 22.1 Å². The second-order valence-corrected chi connectivity index (χ2v) is 15.5. The van der Waals surface area contributed by atoms with E-state index in [-0.39, 0.29) is 37.7 Å². The fourth-order valence-electron chi connectivity index (χ4n) is 6.44. The molecule has 1 aliphatic rings. The van der Waals surface area contributed by atoms with Crippen molar-refractivity contribution in [3.63, 3.8) is 0 Å². The van der Waals surface area contributed by atoms with Gasteiger partial charge in [-0.05, 0) is 45.1 Å². The number of aliphatic hydroxyl groups excluding tert-OH is 1. The molecule has 2 rings (SSSR count). The third-order valence-corrected chi connectivity index (χ3v) is 10.0. The summed E-state index contributed by atoms with van der Waals surface area (Å²) in [6, 6.07) is -3.42. The number of nitrogens with zero attached hydrogens (tertiary/aromatic N) is 3. The topological polar surface area (TPSA) is 305 Å². The molecule has 1 aliphatic heterocycles. The molecule has 1 fully saturated rings. The largest absolute Gasteiger partial charge is 0.469 e. The van der Waals surface area contributed by atoms with Gasteiger partial charge in [-0.25, -0.2) is 9.55 Å². The van der Waals surface area contributed by atoms with E-state index in [0.717, 1.165) is 6.92 Å². The van der Waals surface area contributed by atoms with E-state index in [1.165, 1.54) is 18.2 Å². The molecule has 0 aliphatic carbocycles. The first-order chi connectivity index (χ1) is 26.4. The predicted octanol–water partition coefficient (Wildman–Crippen LogP) is -1.04. The van der Waals surface area contributed by atoms with Gasteiger partial charge in [0.1, 0.15) is 12.1 Å². The number of aromatic nitrogens is 2. The number of Topliss-reactive ketones (excluding diaryl/α,β-unsaturated/α-hetero) is 2. The first kappa shape index (κ1) is 48.5. The highest BCUT2D eigenvalue weighted by atomic mass is 31.2. The Balaban J connectivity index is 2.31. The van der Waals surface area contributed by atoms with E-state index in [2.05, 4.69) is 20.1 Å². The molecule has 0 radical (unpaired) electrons. The number of hydrogen-bond donors (Lipinski definition) is 7. The number of phosphoric acid groups is 1. The van der Waals surface area contributed by atoms with E-state index in [1.807, 2.05) is 13.8 Å². The van der Waals surface area contributed by atoms with Crippen LogP contribution in [0.1, 0.15) is 71.4 Å². The van der Waals surface area contributed by atoms with Gasteiger partial charge in [-0.3, -0.25) is 33.3 Å². The Hall–Kier alpha value is -3.62. The SMILES string of the molecule is COCCOCCC(=O)N1CCC[C@H]1C(=O)N[C@@H](CC(C)C)C(=O)C[C@@H](Cc1cncn1CCCN)C(=O)N[C@@H](CO)C(=O)C[C@H](C(N)=O)[C@@H](C)OP(=O)(O)O. The van der Waals surface area contributed by atoms with Gasteiger partial charge in [0.2, 0.25) is 23.6 Å². The molecule has 0 aromatic carbocycles. The van der Waals surface area contributed by atoms with E-state index < -0.39 is 92.6 Å². The number of likely N-dealkylation sites (tertiary alicyclic amines) is 1. The van der Waals surface area contributed by atoms with Crippen LogP contribution in [0.5, 0.6) is 0 Å². The van der Waals surface area contributed by atoms with Gasteiger partial charge in [-0.2, -0.15) is 0 Å². The lowest BCUT2D eigenvalue weighted by Gasteiger charge is -2.28. The third kappa shape index (κ3) is 16.5. The fourth-order valence-corrected chi connectivity index (χ4v) is 7.02. The average Bonchev–Trinajstić information content (AvgIpc) is 3.80. The summed E-state index contributed by atoms with van der Waals surface area (Å²) in [5.74, 6) is -6.75. The molecule has 0 saturated carbocycles. The molecular weight excluding hydrogens is 757 g/mol. The molecule has 1 aromatic heterocycles. The molecule has 21 heteroatoms. The van der Waals surface area contributed by atoms with Crippen LogP contribution in [0.15, 0.2) is 12.5 Å². The van der Waals surface area contributed by atoms with Crippen LogP contribution in [0.3, 0.4) is 0 Å². The number of amides is 4. The van der Waals surface area contributed by atoms with Crippen LogP contribution >= 0.6 is 7.82 Å². The smallest absolute Gasteiger partial charge is 0.394 e. The molecule has 1 aromatic rings. The number of hydrogen-bond acceptors (Lipinski definition) is 13. The number of aliphatic hydroxyl groups is 1. The maximum Gasteiger partial charge on any atom is 0.469 e. The van der Waals surface area contributed by atoms with Crippen molar-refractivity contribution in [3.8, 4) is 0 Å². The van der Waals surface area contributed by atoms with E-state index in [0.29, 0.717) is 57.8 Å². The minimum Gasteiger partial charge on any atom is -0.394 e. The summed E-state index contributed by atoms with van der Waals surface area (Å²) in [5, 5.41) is 15.4. The van der Waals surface area contributed by atoms with Crippen LogP contribution in [0.2, 0.25) is 0 Å². The minimum atomic E-state index is -5.06. The lowest BCUT2D eigenvalue weighted by atomic mass is 9.89. The van der Waals surface area contributed by atoms with E-state index in [4.69, 9.17) is 20.9 Å². The zero-order valence-corrected chi connectivity index (χ0v) is 33.6. The van der Waals surface area contributed by atoms with E-state index in [9.17, 15) is 48.2 Å². The van der Waals surface area contributed by atoms with Crippen LogP contribution in [-0.2, 0) is 60.3 Å². The lowest BCUT2D eigenvalue weighted by Crippen LogP contribution is -2.52. The number of carbonyl (C=O) groups excluding carboxylic acids is 6. The number of nitrogens with two attached hydrogens (primary N) is 2. The zero-order valence-electron chi connectivity index (χ0n) is 32.7. The molecule has 318 valence electrons. The second kappa shape index (κ2) is 24.2. The maximum atomic E-state index is 14.1. The molecule has 20 nitrogen and oxygen atoms in total. The van der Waals surface area contributed by atoms with Gasteiger partial charge in [0.05, 0.1) is 63.2 Å². The number of primary amides is 1. The number of ketones is 2. The summed E-state index contributed by atoms with van der Waals surface area (Å²) in [6.45, 7) is 6.04. The van der Waals surface area contributed by atoms with Crippen LogP contribution in [0.4, 0.5) is 0 Å². The summed E-state index contributed by atoms with van der Waals surface area (Å²) in [5.41, 5.74) is 11.6. The van der Waals surface area contributed by atoms with Crippen LogP contribution in [0, 0.1) is 17.8 Å². The van der Waals surface area contributed by atoms with Crippen molar-refractivity contribution in [2.75, 3.05) is 46.6 Å². The Morgan fingerprint density at radius 3 is 2.34 bits per heavy atom. The summed E-state index contributed by atoms with van der Waals surface area (Å²) < 4.78 is 28.0. The maximum absolute atomic E-state index is 14.1. The molecule has 4 amide bonds. The monoisotopic (exact) mass is 817 g/mol. The van der Waals surface area contributed by atoms with Gasteiger partial charge in [-0.15, -0.1) is 0 Å². The molecule has 0 spiro atoms. The Kier molecular flexibility index (Phi) is 21.0. The number of methoxy groups -OCH3 is 1. The number of nitrogens with one attached hydrogen (secondary N) is 2. The van der Waals surface area contributed by atoms with E-state index >= 15 is 0 Å². The molecule has 9 N–H and O–H groups in total. The summed E-state index contributed by atoms with van der Waals surface area (Å²) in [7, 11) is -3.52. The number of phosphoric ester groups is 1. The van der Waals surface area contributed by atoms with Crippen molar-refractivity contribution in [1.29, 1.82) is 0 Å². The number of rotatable bonds is 28. The van der Waals surface area contributed by atoms with Crippen LogP contribution in [0.25, 0.3) is 0 Å². The Bertz CT molecular complexity index is 1500. The average molecular weight is 818 g/mol. The Labute approximate surface area is 327 Å². The first-order valence-electron chi connectivity index (χ1n) is 18.8. The normalized spacial score (nSPS) is 17.2. The van der Waals surface area contributed by atoms with Gasteiger partial charge in [0, 0.05) is 51.4 Å². The number of aryl methyl sites for hydroxylation is 1. The van der Waals surface area contributed by atoms with Gasteiger partial charge >= 0.3 is 7.82 Å². The number of imidazole rings is 1. The number of ether oxygens (including phenoxy) is 2. The van der Waals surface area contributed by atoms with Crippen molar-refractivity contribution in [1.82, 2.24) is 25.1 Å². The molecule has 6 atom stereocenters. The summed E-state index contributed by atoms with van der Waals surface area (Å²) >= 11 is 0. The summed E-state index contributed by atoms with van der Waals surface area (Å²) in [6.07, 6.45) is 2.30. The second-order valence-electron chi connectivity index (χ2n) is 14.3. The van der Waals surface area contributed by atoms with Crippen molar-refractivity contribution in [2.24, 2.45) is 29.2 Å². The minimum absolute atomic E-state index is 0.0365. The molecule has 0 unspecified atom stereocenters. The van der Waals surface area contributed by atoms with Crippen molar-refractivity contribution < 1.29 is 62.2 Å². The zero-order chi connectivity index (χ0) is 42.0. The molecule has 0 bridgehead atoms. The van der Waals surface area contributed by atoms with Gasteiger partial charge in [-0.1, -0.05) is 13.8 Å².